The first-order valence-electron chi connectivity index (χ1n) is 6.58. The van der Waals surface area contributed by atoms with Gasteiger partial charge in [-0.1, -0.05) is 6.07 Å². The smallest absolute Gasteiger partial charge is 0.303 e. The highest BCUT2D eigenvalue weighted by Gasteiger charge is 2.15. The lowest BCUT2D eigenvalue weighted by molar-refractivity contribution is -0.136. The monoisotopic (exact) mass is 243 g/mol. The van der Waals surface area contributed by atoms with Gasteiger partial charge in [-0.15, -0.1) is 0 Å². The van der Waals surface area contributed by atoms with Crippen LogP contribution in [0.15, 0.2) is 18.2 Å². The fourth-order valence-corrected chi connectivity index (χ4v) is 2.86. The largest absolute Gasteiger partial charge is 0.481 e. The maximum atomic E-state index is 10.6. The number of aromatic amines is 1. The van der Waals surface area contributed by atoms with Crippen molar-refractivity contribution in [2.45, 2.75) is 38.5 Å². The van der Waals surface area contributed by atoms with Crippen molar-refractivity contribution in [1.29, 1.82) is 0 Å². The van der Waals surface area contributed by atoms with Crippen LogP contribution >= 0.6 is 0 Å². The number of hydrogen-bond acceptors (Lipinski definition) is 1. The minimum Gasteiger partial charge on any atom is -0.481 e. The van der Waals surface area contributed by atoms with Crippen LogP contribution in [0.5, 0.6) is 0 Å². The number of carbonyl (C=O) groups is 1. The van der Waals surface area contributed by atoms with E-state index in [1.54, 1.807) is 0 Å². The lowest BCUT2D eigenvalue weighted by Gasteiger charge is -2.10. The van der Waals surface area contributed by atoms with Crippen molar-refractivity contribution in [3.05, 3.63) is 35.0 Å². The highest BCUT2D eigenvalue weighted by molar-refractivity contribution is 5.85. The summed E-state index contributed by atoms with van der Waals surface area (Å²) in [6, 6.07) is 6.29. The van der Waals surface area contributed by atoms with E-state index in [0.29, 0.717) is 6.42 Å². The van der Waals surface area contributed by atoms with Crippen molar-refractivity contribution in [3.63, 3.8) is 0 Å². The Morgan fingerprint density at radius 3 is 2.94 bits per heavy atom. The molecule has 0 radical (unpaired) electrons. The van der Waals surface area contributed by atoms with Gasteiger partial charge in [0.2, 0.25) is 0 Å². The number of carboxylic acids is 1. The molecule has 0 amide bonds. The van der Waals surface area contributed by atoms with Crippen LogP contribution in [0.3, 0.4) is 0 Å². The quantitative estimate of drug-likeness (QED) is 0.870. The second-order valence-electron chi connectivity index (χ2n) is 5.06. The molecule has 94 valence electrons. The Morgan fingerprint density at radius 1 is 1.28 bits per heavy atom. The number of H-pyrrole nitrogens is 1. The minimum atomic E-state index is -0.730. The molecule has 0 aliphatic heterocycles. The molecule has 1 heterocycles. The third-order valence-electron chi connectivity index (χ3n) is 3.79. The third kappa shape index (κ3) is 2.01. The molecule has 0 saturated heterocycles. The van der Waals surface area contributed by atoms with Crippen LogP contribution in [-0.4, -0.2) is 16.1 Å². The van der Waals surface area contributed by atoms with Crippen molar-refractivity contribution in [3.8, 4) is 0 Å². The number of nitrogens with one attached hydrogen (secondary N) is 1. The van der Waals surface area contributed by atoms with Crippen molar-refractivity contribution in [2.24, 2.45) is 0 Å². The summed E-state index contributed by atoms with van der Waals surface area (Å²) in [4.78, 5) is 14.1. The third-order valence-corrected chi connectivity index (χ3v) is 3.79. The molecule has 1 aromatic heterocycles. The summed E-state index contributed by atoms with van der Waals surface area (Å²) in [5.74, 6) is -0.730. The van der Waals surface area contributed by atoms with Gasteiger partial charge in [-0.05, 0) is 55.4 Å². The molecule has 3 rings (SSSR count). The Hall–Kier alpha value is -1.77. The lowest BCUT2D eigenvalue weighted by Crippen LogP contribution is -2.00. The number of aryl methyl sites for hydroxylation is 3. The molecule has 2 aromatic rings. The zero-order valence-electron chi connectivity index (χ0n) is 10.3. The first-order chi connectivity index (χ1) is 8.74. The maximum Gasteiger partial charge on any atom is 0.303 e. The Balaban J connectivity index is 1.97. The molecule has 3 nitrogen and oxygen atoms in total. The summed E-state index contributed by atoms with van der Waals surface area (Å²) < 4.78 is 0. The van der Waals surface area contributed by atoms with E-state index >= 15 is 0 Å². The van der Waals surface area contributed by atoms with E-state index in [-0.39, 0.29) is 6.42 Å². The Kier molecular flexibility index (Phi) is 2.82. The van der Waals surface area contributed by atoms with Crippen LogP contribution in [0.4, 0.5) is 0 Å². The van der Waals surface area contributed by atoms with Crippen LogP contribution in [0.25, 0.3) is 10.9 Å². The van der Waals surface area contributed by atoms with Crippen LogP contribution in [0, 0.1) is 0 Å². The number of rotatable bonds is 3. The average molecular weight is 243 g/mol. The second-order valence-corrected chi connectivity index (χ2v) is 5.06. The van der Waals surface area contributed by atoms with Crippen LogP contribution in [0.2, 0.25) is 0 Å². The van der Waals surface area contributed by atoms with Gasteiger partial charge in [0.1, 0.15) is 0 Å². The molecule has 0 saturated carbocycles. The van der Waals surface area contributed by atoms with Crippen molar-refractivity contribution < 1.29 is 9.90 Å². The fraction of sp³-hybridized carbons (Fsp3) is 0.400. The molecule has 3 heteroatoms. The minimum absolute atomic E-state index is 0.206. The Morgan fingerprint density at radius 2 is 2.11 bits per heavy atom. The van der Waals surface area contributed by atoms with E-state index in [9.17, 15) is 4.79 Å². The number of hydrogen-bond donors (Lipinski definition) is 2. The molecule has 1 aromatic carbocycles. The summed E-state index contributed by atoms with van der Waals surface area (Å²) in [6.45, 7) is 0. The molecule has 0 spiro atoms. The van der Waals surface area contributed by atoms with Crippen LogP contribution in [-0.2, 0) is 24.1 Å². The van der Waals surface area contributed by atoms with Crippen LogP contribution < -0.4 is 0 Å². The van der Waals surface area contributed by atoms with Gasteiger partial charge < -0.3 is 10.1 Å². The molecule has 2 N–H and O–H groups in total. The van der Waals surface area contributed by atoms with E-state index < -0.39 is 5.97 Å². The Bertz CT molecular complexity index is 598. The maximum absolute atomic E-state index is 10.6. The average Bonchev–Trinajstić information content (AvgIpc) is 2.74. The molecular weight excluding hydrogens is 226 g/mol. The summed E-state index contributed by atoms with van der Waals surface area (Å²) in [6.07, 6.45) is 5.65. The normalized spacial score (nSPS) is 14.7. The first-order valence-corrected chi connectivity index (χ1v) is 6.58. The van der Waals surface area contributed by atoms with Gasteiger partial charge in [-0.25, -0.2) is 0 Å². The van der Waals surface area contributed by atoms with Gasteiger partial charge in [0, 0.05) is 23.0 Å². The van der Waals surface area contributed by atoms with Gasteiger partial charge in [0.25, 0.3) is 0 Å². The molecule has 1 aliphatic rings. The summed E-state index contributed by atoms with van der Waals surface area (Å²) >= 11 is 0. The van der Waals surface area contributed by atoms with Crippen molar-refractivity contribution in [2.75, 3.05) is 0 Å². The molecule has 0 fully saturated rings. The van der Waals surface area contributed by atoms with Gasteiger partial charge in [0.05, 0.1) is 0 Å². The SMILES string of the molecule is O=C(O)CCc1ccc2[nH]c3c(c2c1)CCCC3. The second kappa shape index (κ2) is 4.48. The molecule has 18 heavy (non-hydrogen) atoms. The van der Waals surface area contributed by atoms with Crippen LogP contribution in [0.1, 0.15) is 36.1 Å². The first kappa shape index (κ1) is 11.3. The predicted octanol–water partition coefficient (Wildman–Crippen LogP) is 3.06. The van der Waals surface area contributed by atoms with E-state index in [2.05, 4.69) is 17.1 Å². The molecule has 0 unspecified atom stereocenters. The Labute approximate surface area is 106 Å². The number of benzene rings is 1. The topological polar surface area (TPSA) is 53.1 Å². The van der Waals surface area contributed by atoms with Crippen molar-refractivity contribution >= 4 is 16.9 Å². The van der Waals surface area contributed by atoms with Gasteiger partial charge in [0.15, 0.2) is 0 Å². The lowest BCUT2D eigenvalue weighted by atomic mass is 9.95. The van der Waals surface area contributed by atoms with Gasteiger partial charge >= 0.3 is 5.97 Å². The number of fused-ring (bicyclic) bond motifs is 3. The molecule has 1 aliphatic carbocycles. The van der Waals surface area contributed by atoms with Gasteiger partial charge in [-0.3, -0.25) is 4.79 Å². The standard InChI is InChI=1S/C15H17NO2/c17-15(18)8-6-10-5-7-14-12(9-10)11-3-1-2-4-13(11)16-14/h5,7,9,16H,1-4,6,8H2,(H,17,18). The van der Waals surface area contributed by atoms with E-state index in [0.717, 1.165) is 18.4 Å². The highest BCUT2D eigenvalue weighted by atomic mass is 16.4. The summed E-state index contributed by atoms with van der Waals surface area (Å²) in [7, 11) is 0. The van der Waals surface area contributed by atoms with Gasteiger partial charge in [-0.2, -0.15) is 0 Å². The predicted molar refractivity (Wildman–Crippen MR) is 70.9 cm³/mol. The molecular formula is C15H17NO2. The number of aromatic nitrogens is 1. The van der Waals surface area contributed by atoms with Crippen molar-refractivity contribution in [1.82, 2.24) is 4.98 Å². The zero-order chi connectivity index (χ0) is 12.5. The summed E-state index contributed by atoms with van der Waals surface area (Å²) in [5, 5.41) is 10.0. The zero-order valence-corrected chi connectivity index (χ0v) is 10.3. The summed E-state index contributed by atoms with van der Waals surface area (Å²) in [5.41, 5.74) is 5.15. The molecule has 0 atom stereocenters. The fourth-order valence-electron chi connectivity index (χ4n) is 2.86. The number of carboxylic acid groups (broad SMARTS) is 1. The van der Waals surface area contributed by atoms with E-state index in [1.165, 1.54) is 35.0 Å². The molecule has 0 bridgehead atoms. The van der Waals surface area contributed by atoms with E-state index in [1.807, 2.05) is 6.07 Å². The number of aliphatic carboxylic acids is 1. The van der Waals surface area contributed by atoms with E-state index in [4.69, 9.17) is 5.11 Å². The highest BCUT2D eigenvalue weighted by Crippen LogP contribution is 2.29.